The van der Waals surface area contributed by atoms with Crippen LogP contribution in [0.25, 0.3) is 0 Å². The largest absolute Gasteiger partial charge is 0.445 e. The van der Waals surface area contributed by atoms with Crippen molar-refractivity contribution in [1.29, 1.82) is 0 Å². The number of benzene rings is 1. The molecule has 1 aromatic carbocycles. The number of carbonyl (C=O) groups is 1. The third-order valence-corrected chi connectivity index (χ3v) is 4.44. The molecule has 6 nitrogen and oxygen atoms in total. The van der Waals surface area contributed by atoms with Gasteiger partial charge in [0.25, 0.3) is 0 Å². The Kier molecular flexibility index (Phi) is 6.57. The van der Waals surface area contributed by atoms with Crippen molar-refractivity contribution in [1.82, 2.24) is 15.2 Å². The number of ether oxygens (including phenoxy) is 2. The topological polar surface area (TPSA) is 63.7 Å². The maximum Gasteiger partial charge on any atom is 0.410 e. The van der Waals surface area contributed by atoms with Crippen LogP contribution in [0.2, 0.25) is 0 Å². The van der Waals surface area contributed by atoms with Gasteiger partial charge < -0.3 is 19.7 Å². The minimum atomic E-state index is -0.287. The molecule has 0 spiro atoms. The van der Waals surface area contributed by atoms with Gasteiger partial charge in [-0.3, -0.25) is 4.98 Å². The van der Waals surface area contributed by atoms with Gasteiger partial charge in [0.15, 0.2) is 0 Å². The molecule has 1 aromatic heterocycles. The molecule has 138 valence electrons. The molecule has 0 aliphatic carbocycles. The quantitative estimate of drug-likeness (QED) is 0.863. The SMILES string of the molecule is Cc1ccncc1CNCC1CN(C(=O)OCc2ccccc2)CCO1. The second-order valence-corrected chi connectivity index (χ2v) is 6.41. The highest BCUT2D eigenvalue weighted by molar-refractivity contribution is 5.67. The Morgan fingerprint density at radius 1 is 1.35 bits per heavy atom. The molecular formula is C20H25N3O3. The van der Waals surface area contributed by atoms with Gasteiger partial charge in [-0.2, -0.15) is 0 Å². The molecule has 1 unspecified atom stereocenters. The fourth-order valence-corrected chi connectivity index (χ4v) is 2.87. The van der Waals surface area contributed by atoms with Gasteiger partial charge in [0.2, 0.25) is 0 Å². The van der Waals surface area contributed by atoms with Crippen LogP contribution in [0.15, 0.2) is 48.8 Å². The van der Waals surface area contributed by atoms with E-state index in [1.165, 1.54) is 11.1 Å². The van der Waals surface area contributed by atoms with Crippen molar-refractivity contribution in [2.45, 2.75) is 26.2 Å². The van der Waals surface area contributed by atoms with Crippen LogP contribution in [0.5, 0.6) is 0 Å². The summed E-state index contributed by atoms with van der Waals surface area (Å²) in [4.78, 5) is 18.1. The van der Waals surface area contributed by atoms with Crippen LogP contribution in [0.1, 0.15) is 16.7 Å². The summed E-state index contributed by atoms with van der Waals surface area (Å²) in [7, 11) is 0. The minimum absolute atomic E-state index is 0.0370. The van der Waals surface area contributed by atoms with Crippen molar-refractivity contribution in [3.63, 3.8) is 0 Å². The molecule has 1 atom stereocenters. The monoisotopic (exact) mass is 355 g/mol. The molecule has 1 aliphatic rings. The molecule has 2 heterocycles. The van der Waals surface area contributed by atoms with Gasteiger partial charge in [0.05, 0.1) is 19.3 Å². The van der Waals surface area contributed by atoms with E-state index < -0.39 is 0 Å². The lowest BCUT2D eigenvalue weighted by Gasteiger charge is -2.32. The average Bonchev–Trinajstić information content (AvgIpc) is 2.69. The van der Waals surface area contributed by atoms with Gasteiger partial charge in [0, 0.05) is 32.0 Å². The molecule has 0 saturated carbocycles. The van der Waals surface area contributed by atoms with Gasteiger partial charge >= 0.3 is 6.09 Å². The highest BCUT2D eigenvalue weighted by Crippen LogP contribution is 2.09. The summed E-state index contributed by atoms with van der Waals surface area (Å²) in [6.07, 6.45) is 3.34. The van der Waals surface area contributed by atoms with E-state index in [1.54, 1.807) is 11.1 Å². The maximum absolute atomic E-state index is 12.3. The lowest BCUT2D eigenvalue weighted by molar-refractivity contribution is -0.0271. The standard InChI is InChI=1S/C20H25N3O3/c1-16-7-8-21-11-18(16)12-22-13-19-14-23(9-10-25-19)20(24)26-15-17-5-3-2-4-6-17/h2-8,11,19,22H,9-10,12-15H2,1H3. The van der Waals surface area contributed by atoms with Gasteiger partial charge in [0.1, 0.15) is 6.61 Å². The number of nitrogens with one attached hydrogen (secondary N) is 1. The van der Waals surface area contributed by atoms with Gasteiger partial charge in [-0.1, -0.05) is 30.3 Å². The van der Waals surface area contributed by atoms with E-state index in [2.05, 4.69) is 17.2 Å². The van der Waals surface area contributed by atoms with Crippen molar-refractivity contribution in [3.05, 3.63) is 65.5 Å². The predicted octanol–water partition coefficient (Wildman–Crippen LogP) is 2.52. The van der Waals surface area contributed by atoms with Crippen molar-refractivity contribution in [2.24, 2.45) is 0 Å². The first kappa shape index (κ1) is 18.4. The van der Waals surface area contributed by atoms with Crippen LogP contribution in [0.4, 0.5) is 4.79 Å². The smallest absolute Gasteiger partial charge is 0.410 e. The highest BCUT2D eigenvalue weighted by Gasteiger charge is 2.25. The minimum Gasteiger partial charge on any atom is -0.445 e. The molecule has 0 bridgehead atoms. The normalized spacial score (nSPS) is 17.1. The molecule has 1 amide bonds. The van der Waals surface area contributed by atoms with Crippen molar-refractivity contribution in [3.8, 4) is 0 Å². The number of rotatable bonds is 6. The molecule has 1 saturated heterocycles. The molecule has 2 aromatic rings. The first-order valence-electron chi connectivity index (χ1n) is 8.90. The second kappa shape index (κ2) is 9.31. The van der Waals surface area contributed by atoms with E-state index in [-0.39, 0.29) is 12.2 Å². The average molecular weight is 355 g/mol. The molecule has 1 aliphatic heterocycles. The molecule has 1 N–H and O–H groups in total. The Morgan fingerprint density at radius 3 is 3.00 bits per heavy atom. The van der Waals surface area contributed by atoms with E-state index in [9.17, 15) is 4.79 Å². The van der Waals surface area contributed by atoms with Gasteiger partial charge in [-0.15, -0.1) is 0 Å². The Bertz CT molecular complexity index is 708. The molecule has 1 fully saturated rings. The summed E-state index contributed by atoms with van der Waals surface area (Å²) in [6.45, 7) is 5.40. The van der Waals surface area contributed by atoms with Crippen molar-refractivity contribution >= 4 is 6.09 Å². The van der Waals surface area contributed by atoms with E-state index >= 15 is 0 Å². The predicted molar refractivity (Wildman–Crippen MR) is 98.6 cm³/mol. The van der Waals surface area contributed by atoms with Gasteiger partial charge in [-0.05, 0) is 29.7 Å². The van der Waals surface area contributed by atoms with Crippen LogP contribution in [0, 0.1) is 6.92 Å². The highest BCUT2D eigenvalue weighted by atomic mass is 16.6. The summed E-state index contributed by atoms with van der Waals surface area (Å²) in [5.41, 5.74) is 3.37. The number of aromatic nitrogens is 1. The van der Waals surface area contributed by atoms with Crippen LogP contribution < -0.4 is 5.32 Å². The third kappa shape index (κ3) is 5.28. The van der Waals surface area contributed by atoms with Crippen LogP contribution >= 0.6 is 0 Å². The number of pyridine rings is 1. The third-order valence-electron chi connectivity index (χ3n) is 4.44. The second-order valence-electron chi connectivity index (χ2n) is 6.41. The maximum atomic E-state index is 12.3. The fourth-order valence-electron chi connectivity index (χ4n) is 2.87. The first-order chi connectivity index (χ1) is 12.7. The lowest BCUT2D eigenvalue weighted by atomic mass is 10.1. The molecule has 26 heavy (non-hydrogen) atoms. The number of morpholine rings is 1. The van der Waals surface area contributed by atoms with E-state index in [1.807, 2.05) is 42.6 Å². The Labute approximate surface area is 154 Å². The number of nitrogens with zero attached hydrogens (tertiary/aromatic N) is 2. The number of amides is 1. The summed E-state index contributed by atoms with van der Waals surface area (Å²) >= 11 is 0. The molecule has 6 heteroatoms. The number of hydrogen-bond acceptors (Lipinski definition) is 5. The van der Waals surface area contributed by atoms with Gasteiger partial charge in [-0.25, -0.2) is 4.79 Å². The van der Waals surface area contributed by atoms with Crippen LogP contribution in [0.3, 0.4) is 0 Å². The van der Waals surface area contributed by atoms with E-state index in [4.69, 9.17) is 9.47 Å². The van der Waals surface area contributed by atoms with Crippen LogP contribution in [-0.2, 0) is 22.6 Å². The zero-order valence-electron chi connectivity index (χ0n) is 15.1. The van der Waals surface area contributed by atoms with Crippen molar-refractivity contribution < 1.29 is 14.3 Å². The molecule has 0 radical (unpaired) electrons. The van der Waals surface area contributed by atoms with E-state index in [0.717, 1.165) is 12.1 Å². The number of aryl methyl sites for hydroxylation is 1. The molecular weight excluding hydrogens is 330 g/mol. The van der Waals surface area contributed by atoms with E-state index in [0.29, 0.717) is 32.8 Å². The Hall–Kier alpha value is -2.44. The lowest BCUT2D eigenvalue weighted by Crippen LogP contribution is -2.49. The summed E-state index contributed by atoms with van der Waals surface area (Å²) in [6, 6.07) is 11.7. The number of hydrogen-bond donors (Lipinski definition) is 1. The summed E-state index contributed by atoms with van der Waals surface area (Å²) in [5.74, 6) is 0. The summed E-state index contributed by atoms with van der Waals surface area (Å²) in [5, 5.41) is 3.39. The van der Waals surface area contributed by atoms with Crippen LogP contribution in [-0.4, -0.2) is 48.3 Å². The first-order valence-corrected chi connectivity index (χ1v) is 8.90. The van der Waals surface area contributed by atoms with Crippen molar-refractivity contribution in [2.75, 3.05) is 26.2 Å². The number of carbonyl (C=O) groups excluding carboxylic acids is 1. The zero-order chi connectivity index (χ0) is 18.2. The fraction of sp³-hybridized carbons (Fsp3) is 0.400. The Balaban J connectivity index is 1.42. The Morgan fingerprint density at radius 2 is 2.19 bits per heavy atom. The zero-order valence-corrected chi connectivity index (χ0v) is 15.1. The summed E-state index contributed by atoms with van der Waals surface area (Å²) < 4.78 is 11.2. The molecule has 3 rings (SSSR count).